The van der Waals surface area contributed by atoms with Crippen molar-refractivity contribution in [3.8, 4) is 56.7 Å². The highest BCUT2D eigenvalue weighted by molar-refractivity contribution is 7.99. The van der Waals surface area contributed by atoms with Gasteiger partial charge in [-0.25, -0.2) is 19.3 Å². The van der Waals surface area contributed by atoms with Gasteiger partial charge in [0.05, 0.1) is 32.3 Å². The van der Waals surface area contributed by atoms with Crippen molar-refractivity contribution in [2.75, 3.05) is 11.5 Å². The molecule has 0 aliphatic heterocycles. The van der Waals surface area contributed by atoms with Gasteiger partial charge in [0.25, 0.3) is 11.4 Å². The molecule has 4 aromatic heterocycles. The zero-order valence-electron chi connectivity index (χ0n) is 29.3. The van der Waals surface area contributed by atoms with Gasteiger partial charge in [0.15, 0.2) is 11.6 Å². The summed E-state index contributed by atoms with van der Waals surface area (Å²) in [6.45, 7) is 0. The minimum atomic E-state index is -0.426. The Morgan fingerprint density at radius 1 is 0.571 bits per heavy atom. The first kappa shape index (κ1) is 36.1. The first-order valence-corrected chi connectivity index (χ1v) is 19.3. The quantitative estimate of drug-likeness (QED) is 0.0435. The van der Waals surface area contributed by atoms with Gasteiger partial charge in [-0.2, -0.15) is 10.2 Å². The average molecular weight is 783 g/mol. The molecule has 0 spiro atoms. The molecule has 56 heavy (non-hydrogen) atoms. The second-order valence-electron chi connectivity index (χ2n) is 12.3. The molecule has 8 aromatic rings. The molecule has 18 heteroatoms. The monoisotopic (exact) mass is 782 g/mol. The lowest BCUT2D eigenvalue weighted by Crippen LogP contribution is -1.94. The van der Waals surface area contributed by atoms with Gasteiger partial charge in [-0.05, 0) is 37.1 Å². The van der Waals surface area contributed by atoms with Crippen LogP contribution in [0.15, 0.2) is 132 Å². The molecule has 0 fully saturated rings. The highest BCUT2D eigenvalue weighted by Gasteiger charge is 2.21. The van der Waals surface area contributed by atoms with Gasteiger partial charge >= 0.3 is 0 Å². The van der Waals surface area contributed by atoms with E-state index in [-0.39, 0.29) is 11.4 Å². The third-order valence-corrected chi connectivity index (χ3v) is 10.4. The maximum Gasteiger partial charge on any atom is 0.270 e. The van der Waals surface area contributed by atoms with Gasteiger partial charge in [-0.15, -0.1) is 10.2 Å². The van der Waals surface area contributed by atoms with Crippen molar-refractivity contribution >= 4 is 34.9 Å². The molecule has 8 rings (SSSR count). The molecule has 0 unspecified atom stereocenters. The molecule has 0 saturated carbocycles. The molecule has 2 N–H and O–H groups in total. The van der Waals surface area contributed by atoms with Crippen LogP contribution in [0.5, 0.6) is 0 Å². The highest BCUT2D eigenvalue weighted by atomic mass is 32.2. The van der Waals surface area contributed by atoms with E-state index >= 15 is 0 Å². The third-order valence-electron chi connectivity index (χ3n) is 8.57. The lowest BCUT2D eigenvalue weighted by Gasteiger charge is -2.01. The van der Waals surface area contributed by atoms with Crippen molar-refractivity contribution < 1.29 is 9.85 Å². The van der Waals surface area contributed by atoms with Gasteiger partial charge in [0, 0.05) is 59.3 Å². The van der Waals surface area contributed by atoms with E-state index in [0.717, 1.165) is 35.7 Å². The van der Waals surface area contributed by atoms with Crippen LogP contribution in [0.2, 0.25) is 0 Å². The van der Waals surface area contributed by atoms with Gasteiger partial charge < -0.3 is 0 Å². The Hall–Kier alpha value is -6.92. The van der Waals surface area contributed by atoms with Crippen LogP contribution in [-0.4, -0.2) is 71.3 Å². The van der Waals surface area contributed by atoms with Crippen molar-refractivity contribution in [2.45, 2.75) is 23.2 Å². The van der Waals surface area contributed by atoms with E-state index in [1.54, 1.807) is 33.6 Å². The van der Waals surface area contributed by atoms with Crippen LogP contribution < -0.4 is 0 Å². The number of H-pyrrole nitrogens is 2. The molecule has 0 aliphatic rings. The normalized spacial score (nSPS) is 11.2. The molecule has 0 saturated heterocycles. The number of aromatic nitrogens is 10. The van der Waals surface area contributed by atoms with E-state index in [1.165, 1.54) is 47.8 Å². The molecule has 4 heterocycles. The Balaban J connectivity index is 0.906. The number of nitro benzene ring substituents is 2. The Morgan fingerprint density at radius 2 is 1.00 bits per heavy atom. The minimum Gasteiger partial charge on any atom is -0.258 e. The number of non-ortho nitro benzene ring substituents is 2. The summed E-state index contributed by atoms with van der Waals surface area (Å²) < 4.78 is 3.45. The van der Waals surface area contributed by atoms with E-state index in [1.807, 2.05) is 73.1 Å². The van der Waals surface area contributed by atoms with E-state index in [0.29, 0.717) is 55.6 Å². The predicted molar refractivity (Wildman–Crippen MR) is 213 cm³/mol. The van der Waals surface area contributed by atoms with E-state index in [2.05, 4.69) is 20.4 Å². The van der Waals surface area contributed by atoms with Crippen LogP contribution in [0.25, 0.3) is 56.7 Å². The van der Waals surface area contributed by atoms with E-state index in [9.17, 15) is 20.2 Å². The van der Waals surface area contributed by atoms with Crippen LogP contribution in [0.3, 0.4) is 0 Å². The average Bonchev–Trinajstić information content (AvgIpc) is 4.06. The zero-order valence-corrected chi connectivity index (χ0v) is 30.9. The molecule has 4 aromatic carbocycles. The van der Waals surface area contributed by atoms with Crippen LogP contribution in [0.4, 0.5) is 11.4 Å². The Morgan fingerprint density at radius 3 is 1.41 bits per heavy atom. The second kappa shape index (κ2) is 16.2. The molecule has 0 aliphatic carbocycles. The summed E-state index contributed by atoms with van der Waals surface area (Å²) in [7, 11) is 0. The number of para-hydroxylation sites is 2. The second-order valence-corrected chi connectivity index (χ2v) is 14.4. The van der Waals surface area contributed by atoms with Crippen LogP contribution in [0.1, 0.15) is 12.8 Å². The van der Waals surface area contributed by atoms with Crippen molar-refractivity contribution in [1.82, 2.24) is 49.9 Å². The molecule has 0 radical (unpaired) electrons. The van der Waals surface area contributed by atoms with Gasteiger partial charge in [0.2, 0.25) is 10.3 Å². The maximum atomic E-state index is 11.5. The summed E-state index contributed by atoms with van der Waals surface area (Å²) in [5.74, 6) is 2.58. The maximum absolute atomic E-state index is 11.5. The number of rotatable bonds is 15. The first-order chi connectivity index (χ1) is 27.4. The fourth-order valence-electron chi connectivity index (χ4n) is 5.87. The number of hydrogen-bond donors (Lipinski definition) is 2. The SMILES string of the molecule is O=[N+]([O-])c1cccc(-c2nn(-c3ccccc3)cc2-c2nc(SCCCCSc3n[nH]c(-c4cn(-c5ccccc5)nc4-c4cccc([N+](=O)[O-])c4)n3)n[nH]2)c1. The highest BCUT2D eigenvalue weighted by Crippen LogP contribution is 2.34. The fraction of sp³-hybridized carbons (Fsp3) is 0.105. The molecule has 16 nitrogen and oxygen atoms in total. The third kappa shape index (κ3) is 7.96. The standard InChI is InChI=1S/C38H30N12O4S2/c51-49(52)29-17-9-11-25(21-29)33-31(23-47(45-33)27-13-3-1-4-14-27)35-39-37(43-41-35)55-19-7-8-20-56-38-40-36(42-44-38)32-24-48(28-15-5-2-6-16-28)46-34(32)26-12-10-18-30(22-26)50(53)54/h1-6,9-18,21-24H,7-8,19-20H2,(H,39,41,43)(H,40,42,44). The number of aromatic amines is 2. The molecule has 0 amide bonds. The number of nitro groups is 2. The van der Waals surface area contributed by atoms with E-state index in [4.69, 9.17) is 20.2 Å². The largest absolute Gasteiger partial charge is 0.270 e. The van der Waals surface area contributed by atoms with Crippen LogP contribution in [0, 0.1) is 20.2 Å². The van der Waals surface area contributed by atoms with Gasteiger partial charge in [-0.1, -0.05) is 84.2 Å². The number of hydrogen-bond acceptors (Lipinski definition) is 12. The molecular weight excluding hydrogens is 753 g/mol. The van der Waals surface area contributed by atoms with Crippen molar-refractivity contribution in [3.05, 3.63) is 142 Å². The Kier molecular flexibility index (Phi) is 10.4. The number of nitrogens with zero attached hydrogens (tertiary/aromatic N) is 10. The number of unbranched alkanes of at least 4 members (excludes halogenated alkanes) is 1. The van der Waals surface area contributed by atoms with Crippen LogP contribution >= 0.6 is 23.5 Å². The van der Waals surface area contributed by atoms with Gasteiger partial charge in [0.1, 0.15) is 11.4 Å². The van der Waals surface area contributed by atoms with E-state index < -0.39 is 9.85 Å². The smallest absolute Gasteiger partial charge is 0.258 e. The summed E-state index contributed by atoms with van der Waals surface area (Å²) >= 11 is 3.06. The topological polar surface area (TPSA) is 205 Å². The summed E-state index contributed by atoms with van der Waals surface area (Å²) in [5, 5.41) is 48.6. The van der Waals surface area contributed by atoms with Crippen molar-refractivity contribution in [3.63, 3.8) is 0 Å². The summed E-state index contributed by atoms with van der Waals surface area (Å²) in [6, 6.07) is 32.0. The number of thioether (sulfide) groups is 2. The van der Waals surface area contributed by atoms with Crippen molar-refractivity contribution in [2.24, 2.45) is 0 Å². The Bertz CT molecular complexity index is 2460. The lowest BCUT2D eigenvalue weighted by atomic mass is 10.1. The summed E-state index contributed by atoms with van der Waals surface area (Å²) in [6.07, 6.45) is 5.47. The molecular formula is C38H30N12O4S2. The van der Waals surface area contributed by atoms with Crippen LogP contribution in [-0.2, 0) is 0 Å². The number of benzene rings is 4. The van der Waals surface area contributed by atoms with Crippen molar-refractivity contribution in [1.29, 1.82) is 0 Å². The Labute approximate surface area is 326 Å². The summed E-state index contributed by atoms with van der Waals surface area (Å²) in [5.41, 5.74) is 5.23. The number of nitrogens with one attached hydrogen (secondary N) is 2. The summed E-state index contributed by atoms with van der Waals surface area (Å²) in [4.78, 5) is 31.6. The zero-order chi connectivity index (χ0) is 38.4. The molecule has 278 valence electrons. The molecule has 0 bridgehead atoms. The first-order valence-electron chi connectivity index (χ1n) is 17.3. The molecule has 0 atom stereocenters. The van der Waals surface area contributed by atoms with Gasteiger partial charge in [-0.3, -0.25) is 30.4 Å². The fourth-order valence-corrected chi connectivity index (χ4v) is 7.47. The lowest BCUT2D eigenvalue weighted by molar-refractivity contribution is -0.385. The predicted octanol–water partition coefficient (Wildman–Crippen LogP) is 8.44. The minimum absolute atomic E-state index is 0.0266.